The third-order valence-corrected chi connectivity index (χ3v) is 2.50. The van der Waals surface area contributed by atoms with E-state index >= 15 is 0 Å². The Morgan fingerprint density at radius 1 is 1.29 bits per heavy atom. The molecule has 0 heterocycles. The molecule has 14 heavy (non-hydrogen) atoms. The number of carbonyl (C=O) groups is 1. The van der Waals surface area contributed by atoms with Crippen LogP contribution in [0.15, 0.2) is 29.2 Å². The number of hydrogen-bond acceptors (Lipinski definition) is 4. The van der Waals surface area contributed by atoms with Crippen molar-refractivity contribution < 1.29 is 13.2 Å². The van der Waals surface area contributed by atoms with E-state index in [2.05, 4.69) is 5.32 Å². The molecule has 76 valence electrons. The van der Waals surface area contributed by atoms with Crippen LogP contribution in [0.4, 0.5) is 5.69 Å². The summed E-state index contributed by atoms with van der Waals surface area (Å²) in [4.78, 5) is 10.1. The van der Waals surface area contributed by atoms with Crippen molar-refractivity contribution in [3.63, 3.8) is 0 Å². The standard InChI is InChI=1S/C8H10N2O3S/c9-14(12,13)8-3-1-7(2-4-8)10-5-6-11/h1-4,6,10H,5H2,(H2,9,12,13). The summed E-state index contributed by atoms with van der Waals surface area (Å²) in [6, 6.07) is 5.84. The third-order valence-electron chi connectivity index (χ3n) is 1.57. The van der Waals surface area contributed by atoms with Crippen LogP contribution in [0.1, 0.15) is 0 Å². The van der Waals surface area contributed by atoms with E-state index in [1.807, 2.05) is 0 Å². The quantitative estimate of drug-likeness (QED) is 0.687. The van der Waals surface area contributed by atoms with Crippen molar-refractivity contribution in [1.82, 2.24) is 0 Å². The lowest BCUT2D eigenvalue weighted by Crippen LogP contribution is -2.12. The summed E-state index contributed by atoms with van der Waals surface area (Å²) in [5.74, 6) is 0. The highest BCUT2D eigenvalue weighted by Gasteiger charge is 2.05. The van der Waals surface area contributed by atoms with Crippen LogP contribution >= 0.6 is 0 Å². The van der Waals surface area contributed by atoms with Crippen molar-refractivity contribution in [2.45, 2.75) is 4.90 Å². The Morgan fingerprint density at radius 3 is 2.29 bits per heavy atom. The molecule has 0 atom stereocenters. The maximum Gasteiger partial charge on any atom is 0.238 e. The lowest BCUT2D eigenvalue weighted by Gasteiger charge is -2.02. The molecule has 0 fully saturated rings. The molecule has 0 aliphatic heterocycles. The van der Waals surface area contributed by atoms with Gasteiger partial charge in [-0.25, -0.2) is 13.6 Å². The Bertz CT molecular complexity index is 411. The number of anilines is 1. The highest BCUT2D eigenvalue weighted by Crippen LogP contribution is 2.11. The molecule has 1 rings (SSSR count). The van der Waals surface area contributed by atoms with Crippen molar-refractivity contribution in [3.8, 4) is 0 Å². The molecule has 0 aliphatic rings. The molecule has 0 unspecified atom stereocenters. The monoisotopic (exact) mass is 214 g/mol. The van der Waals surface area contributed by atoms with Crippen molar-refractivity contribution >= 4 is 22.0 Å². The number of hydrogen-bond donors (Lipinski definition) is 2. The van der Waals surface area contributed by atoms with Crippen molar-refractivity contribution in [1.29, 1.82) is 0 Å². The van der Waals surface area contributed by atoms with E-state index in [1.54, 1.807) is 12.1 Å². The fourth-order valence-electron chi connectivity index (χ4n) is 0.922. The van der Waals surface area contributed by atoms with Gasteiger partial charge in [0.15, 0.2) is 0 Å². The zero-order chi connectivity index (χ0) is 10.6. The Morgan fingerprint density at radius 2 is 1.86 bits per heavy atom. The Labute approximate surface area is 82.0 Å². The summed E-state index contributed by atoms with van der Waals surface area (Å²) in [7, 11) is -3.64. The second-order valence-corrected chi connectivity index (χ2v) is 4.18. The van der Waals surface area contributed by atoms with E-state index in [4.69, 9.17) is 5.14 Å². The molecule has 6 heteroatoms. The Hall–Kier alpha value is -1.40. The summed E-state index contributed by atoms with van der Waals surface area (Å²) in [6.07, 6.45) is 0.716. The molecule has 1 aromatic rings. The first-order valence-electron chi connectivity index (χ1n) is 3.84. The van der Waals surface area contributed by atoms with Gasteiger partial charge in [0.2, 0.25) is 10.0 Å². The molecule has 0 aliphatic carbocycles. The molecule has 5 nitrogen and oxygen atoms in total. The van der Waals surface area contributed by atoms with Crippen molar-refractivity contribution in [2.75, 3.05) is 11.9 Å². The topological polar surface area (TPSA) is 89.3 Å². The molecule has 1 aromatic carbocycles. The second kappa shape index (κ2) is 4.21. The minimum Gasteiger partial charge on any atom is -0.378 e. The van der Waals surface area contributed by atoms with E-state index in [-0.39, 0.29) is 11.4 Å². The van der Waals surface area contributed by atoms with Gasteiger partial charge in [-0.2, -0.15) is 0 Å². The minimum absolute atomic E-state index is 0.0501. The molecule has 0 amide bonds. The molecule has 0 saturated carbocycles. The lowest BCUT2D eigenvalue weighted by atomic mass is 10.3. The van der Waals surface area contributed by atoms with Gasteiger partial charge < -0.3 is 10.1 Å². The Balaban J connectivity index is 2.84. The van der Waals surface area contributed by atoms with Crippen molar-refractivity contribution in [2.24, 2.45) is 5.14 Å². The van der Waals surface area contributed by atoms with Crippen LogP contribution in [0, 0.1) is 0 Å². The number of nitrogens with one attached hydrogen (secondary N) is 1. The normalized spacial score (nSPS) is 10.9. The lowest BCUT2D eigenvalue weighted by molar-refractivity contribution is -0.106. The van der Waals surface area contributed by atoms with Gasteiger partial charge >= 0.3 is 0 Å². The maximum atomic E-state index is 10.9. The molecule has 3 N–H and O–H groups in total. The number of benzene rings is 1. The molecular weight excluding hydrogens is 204 g/mol. The van der Waals surface area contributed by atoms with Gasteiger partial charge in [0, 0.05) is 5.69 Å². The highest BCUT2D eigenvalue weighted by atomic mass is 32.2. The summed E-state index contributed by atoms with van der Waals surface area (Å²) in [5, 5.41) is 7.67. The van der Waals surface area contributed by atoms with Crippen LogP contribution in [0.5, 0.6) is 0 Å². The number of sulfonamides is 1. The zero-order valence-electron chi connectivity index (χ0n) is 7.30. The van der Waals surface area contributed by atoms with E-state index in [0.717, 1.165) is 0 Å². The van der Waals surface area contributed by atoms with Crippen LogP contribution in [0.25, 0.3) is 0 Å². The average Bonchev–Trinajstić information content (AvgIpc) is 2.14. The summed E-state index contributed by atoms with van der Waals surface area (Å²) >= 11 is 0. The van der Waals surface area contributed by atoms with Crippen LogP contribution in [0.3, 0.4) is 0 Å². The van der Waals surface area contributed by atoms with Crippen molar-refractivity contribution in [3.05, 3.63) is 24.3 Å². The number of nitrogens with two attached hydrogens (primary N) is 1. The van der Waals surface area contributed by atoms with Gasteiger partial charge in [0.25, 0.3) is 0 Å². The predicted molar refractivity (Wildman–Crippen MR) is 52.4 cm³/mol. The number of primary sulfonamides is 1. The van der Waals surface area contributed by atoms with Gasteiger partial charge in [0.1, 0.15) is 6.29 Å². The maximum absolute atomic E-state index is 10.9. The minimum atomic E-state index is -3.64. The first kappa shape index (κ1) is 10.7. The summed E-state index contributed by atoms with van der Waals surface area (Å²) in [6.45, 7) is 0.189. The zero-order valence-corrected chi connectivity index (χ0v) is 8.12. The van der Waals surface area contributed by atoms with E-state index < -0.39 is 10.0 Å². The molecule has 0 radical (unpaired) electrons. The van der Waals surface area contributed by atoms with Gasteiger partial charge in [-0.3, -0.25) is 0 Å². The SMILES string of the molecule is NS(=O)(=O)c1ccc(NCC=O)cc1. The summed E-state index contributed by atoms with van der Waals surface area (Å²) in [5.41, 5.74) is 0.671. The van der Waals surface area contributed by atoms with Gasteiger partial charge in [-0.1, -0.05) is 0 Å². The number of aldehydes is 1. The fraction of sp³-hybridized carbons (Fsp3) is 0.125. The molecule has 0 spiro atoms. The highest BCUT2D eigenvalue weighted by molar-refractivity contribution is 7.89. The van der Waals surface area contributed by atoms with Crippen LogP contribution in [-0.2, 0) is 14.8 Å². The molecular formula is C8H10N2O3S. The smallest absolute Gasteiger partial charge is 0.238 e. The largest absolute Gasteiger partial charge is 0.378 e. The average molecular weight is 214 g/mol. The van der Waals surface area contributed by atoms with Gasteiger partial charge in [-0.15, -0.1) is 0 Å². The van der Waals surface area contributed by atoms with Gasteiger partial charge in [-0.05, 0) is 24.3 Å². The van der Waals surface area contributed by atoms with E-state index in [9.17, 15) is 13.2 Å². The first-order chi connectivity index (χ1) is 6.54. The van der Waals surface area contributed by atoms with E-state index in [0.29, 0.717) is 12.0 Å². The number of carbonyl (C=O) groups excluding carboxylic acids is 1. The molecule has 0 bridgehead atoms. The van der Waals surface area contributed by atoms with Crippen LogP contribution in [-0.4, -0.2) is 21.2 Å². The van der Waals surface area contributed by atoms with Crippen LogP contribution in [0.2, 0.25) is 0 Å². The van der Waals surface area contributed by atoms with E-state index in [1.165, 1.54) is 12.1 Å². The fourth-order valence-corrected chi connectivity index (χ4v) is 1.44. The third kappa shape index (κ3) is 2.82. The Kier molecular flexibility index (Phi) is 3.21. The summed E-state index contributed by atoms with van der Waals surface area (Å²) < 4.78 is 21.7. The van der Waals surface area contributed by atoms with Crippen LogP contribution < -0.4 is 10.5 Å². The second-order valence-electron chi connectivity index (χ2n) is 2.62. The van der Waals surface area contributed by atoms with Gasteiger partial charge in [0.05, 0.1) is 11.4 Å². The molecule has 0 aromatic heterocycles. The predicted octanol–water partition coefficient (Wildman–Crippen LogP) is -0.0552. The number of rotatable bonds is 4. The first-order valence-corrected chi connectivity index (χ1v) is 5.39. The molecule has 0 saturated heterocycles.